The minimum absolute atomic E-state index is 0.186. The van der Waals surface area contributed by atoms with E-state index in [0.717, 1.165) is 37.3 Å². The van der Waals surface area contributed by atoms with E-state index in [0.29, 0.717) is 6.54 Å². The lowest BCUT2D eigenvalue weighted by atomic mass is 10.2. The molecule has 0 atom stereocenters. The van der Waals surface area contributed by atoms with Gasteiger partial charge in [0.25, 0.3) is 0 Å². The van der Waals surface area contributed by atoms with E-state index in [4.69, 9.17) is 0 Å². The van der Waals surface area contributed by atoms with Crippen LogP contribution in [0, 0.1) is 0 Å². The van der Waals surface area contributed by atoms with E-state index >= 15 is 0 Å². The maximum atomic E-state index is 12.2. The maximum Gasteiger partial charge on any atom is 0.573 e. The number of thiazole rings is 1. The summed E-state index contributed by atoms with van der Waals surface area (Å²) in [5.74, 6) is -0.186. The first kappa shape index (κ1) is 18.1. The van der Waals surface area contributed by atoms with Crippen LogP contribution in [0.4, 0.5) is 18.9 Å². The van der Waals surface area contributed by atoms with Crippen LogP contribution < -0.4 is 9.64 Å². The molecular weight excluding hydrogens is 375 g/mol. The molecule has 0 N–H and O–H groups in total. The van der Waals surface area contributed by atoms with Gasteiger partial charge in [0.1, 0.15) is 5.75 Å². The van der Waals surface area contributed by atoms with Gasteiger partial charge < -0.3 is 9.64 Å². The minimum Gasteiger partial charge on any atom is -0.406 e. The van der Waals surface area contributed by atoms with Gasteiger partial charge in [-0.3, -0.25) is 4.90 Å². The number of halogens is 3. The largest absolute Gasteiger partial charge is 0.573 e. The molecule has 2 aromatic carbocycles. The van der Waals surface area contributed by atoms with Crippen LogP contribution in [0.15, 0.2) is 48.0 Å². The molecule has 3 aromatic rings. The van der Waals surface area contributed by atoms with Gasteiger partial charge in [0, 0.05) is 38.4 Å². The number of ether oxygens (including phenoxy) is 1. The van der Waals surface area contributed by atoms with Crippen molar-refractivity contribution < 1.29 is 17.9 Å². The number of nitrogens with zero attached hydrogens (tertiary/aromatic N) is 3. The first-order chi connectivity index (χ1) is 13.0. The molecule has 27 heavy (non-hydrogen) atoms. The molecular formula is C19H18F3N3OS. The van der Waals surface area contributed by atoms with E-state index < -0.39 is 6.36 Å². The zero-order valence-corrected chi connectivity index (χ0v) is 15.3. The van der Waals surface area contributed by atoms with Crippen molar-refractivity contribution in [3.8, 4) is 5.75 Å². The molecule has 0 saturated carbocycles. The third-order valence-corrected chi connectivity index (χ3v) is 5.41. The first-order valence-electron chi connectivity index (χ1n) is 8.61. The zero-order valence-electron chi connectivity index (χ0n) is 14.4. The third-order valence-electron chi connectivity index (χ3n) is 4.62. The van der Waals surface area contributed by atoms with Crippen LogP contribution in [-0.4, -0.2) is 42.4 Å². The van der Waals surface area contributed by atoms with Gasteiger partial charge in [0.15, 0.2) is 0 Å². The molecule has 142 valence electrons. The third kappa shape index (κ3) is 4.51. The van der Waals surface area contributed by atoms with Crippen LogP contribution in [0.1, 0.15) is 5.56 Å². The van der Waals surface area contributed by atoms with Crippen LogP contribution in [-0.2, 0) is 6.54 Å². The standard InChI is InChI=1S/C19H18F3N3OS/c20-19(21,22)26-16-4-1-14(2-5-16)12-24-7-9-25(10-8-24)15-3-6-17-18(11-15)27-13-23-17/h1-6,11,13H,7-10,12H2. The molecule has 0 bridgehead atoms. The summed E-state index contributed by atoms with van der Waals surface area (Å²) in [5, 5.41) is 0. The van der Waals surface area contributed by atoms with Crippen LogP contribution >= 0.6 is 11.3 Å². The highest BCUT2D eigenvalue weighted by molar-refractivity contribution is 7.16. The highest BCUT2D eigenvalue weighted by Crippen LogP contribution is 2.26. The fourth-order valence-corrected chi connectivity index (χ4v) is 3.97. The van der Waals surface area contributed by atoms with Crippen LogP contribution in [0.25, 0.3) is 10.2 Å². The normalized spacial score (nSPS) is 16.0. The average molecular weight is 393 g/mol. The molecule has 1 aromatic heterocycles. The monoisotopic (exact) mass is 393 g/mol. The Kier molecular flexibility index (Phi) is 4.92. The number of hydrogen-bond acceptors (Lipinski definition) is 5. The molecule has 1 aliphatic heterocycles. The minimum atomic E-state index is -4.65. The second-order valence-electron chi connectivity index (χ2n) is 6.46. The summed E-state index contributed by atoms with van der Waals surface area (Å²) >= 11 is 1.64. The second kappa shape index (κ2) is 7.36. The van der Waals surface area contributed by atoms with Crippen LogP contribution in [0.5, 0.6) is 5.75 Å². The molecule has 0 aliphatic carbocycles. The van der Waals surface area contributed by atoms with E-state index in [9.17, 15) is 13.2 Å². The summed E-state index contributed by atoms with van der Waals surface area (Å²) in [6.45, 7) is 4.36. The summed E-state index contributed by atoms with van der Waals surface area (Å²) in [6.07, 6.45) is -4.65. The maximum absolute atomic E-state index is 12.2. The molecule has 0 radical (unpaired) electrons. The number of hydrogen-bond donors (Lipinski definition) is 0. The molecule has 4 rings (SSSR count). The van der Waals surface area contributed by atoms with Gasteiger partial charge in [-0.15, -0.1) is 24.5 Å². The lowest BCUT2D eigenvalue weighted by Crippen LogP contribution is -2.45. The highest BCUT2D eigenvalue weighted by Gasteiger charge is 2.31. The summed E-state index contributed by atoms with van der Waals surface area (Å²) in [4.78, 5) is 8.97. The van der Waals surface area contributed by atoms with Crippen molar-refractivity contribution in [1.82, 2.24) is 9.88 Å². The quantitative estimate of drug-likeness (QED) is 0.652. The summed E-state index contributed by atoms with van der Waals surface area (Å²) in [6, 6.07) is 12.4. The number of aromatic nitrogens is 1. The summed E-state index contributed by atoms with van der Waals surface area (Å²) in [7, 11) is 0. The molecule has 2 heterocycles. The van der Waals surface area contributed by atoms with Crippen LogP contribution in [0.2, 0.25) is 0 Å². The molecule has 1 aliphatic rings. The zero-order chi connectivity index (χ0) is 18.9. The Morgan fingerprint density at radius 2 is 1.74 bits per heavy atom. The average Bonchev–Trinajstić information content (AvgIpc) is 3.10. The number of rotatable bonds is 4. The lowest BCUT2D eigenvalue weighted by molar-refractivity contribution is -0.274. The van der Waals surface area contributed by atoms with Crippen molar-refractivity contribution >= 4 is 27.2 Å². The number of piperazine rings is 1. The van der Waals surface area contributed by atoms with E-state index in [1.807, 2.05) is 5.51 Å². The number of benzene rings is 2. The van der Waals surface area contributed by atoms with Crippen molar-refractivity contribution in [1.29, 1.82) is 0 Å². The van der Waals surface area contributed by atoms with Gasteiger partial charge in [-0.25, -0.2) is 4.98 Å². The van der Waals surface area contributed by atoms with Crippen molar-refractivity contribution in [2.45, 2.75) is 12.9 Å². The lowest BCUT2D eigenvalue weighted by Gasteiger charge is -2.36. The molecule has 0 spiro atoms. The number of fused-ring (bicyclic) bond motifs is 1. The smallest absolute Gasteiger partial charge is 0.406 e. The second-order valence-corrected chi connectivity index (χ2v) is 7.35. The van der Waals surface area contributed by atoms with E-state index in [1.54, 1.807) is 23.5 Å². The Balaban J connectivity index is 1.32. The van der Waals surface area contributed by atoms with Crippen LogP contribution in [0.3, 0.4) is 0 Å². The van der Waals surface area contributed by atoms with Crippen molar-refractivity contribution in [3.05, 3.63) is 53.5 Å². The highest BCUT2D eigenvalue weighted by atomic mass is 32.1. The predicted octanol–water partition coefficient (Wildman–Crippen LogP) is 4.52. The first-order valence-corrected chi connectivity index (χ1v) is 9.49. The van der Waals surface area contributed by atoms with Crippen molar-refractivity contribution in [3.63, 3.8) is 0 Å². The Morgan fingerprint density at radius 1 is 1.00 bits per heavy atom. The van der Waals surface area contributed by atoms with Gasteiger partial charge in [0.05, 0.1) is 15.7 Å². The van der Waals surface area contributed by atoms with Gasteiger partial charge in [-0.05, 0) is 35.9 Å². The molecule has 0 unspecified atom stereocenters. The van der Waals surface area contributed by atoms with E-state index in [1.165, 1.54) is 22.5 Å². The van der Waals surface area contributed by atoms with E-state index in [2.05, 4.69) is 37.7 Å². The van der Waals surface area contributed by atoms with Gasteiger partial charge in [-0.2, -0.15) is 0 Å². The van der Waals surface area contributed by atoms with Crippen molar-refractivity contribution in [2.75, 3.05) is 31.1 Å². The predicted molar refractivity (Wildman–Crippen MR) is 100 cm³/mol. The van der Waals surface area contributed by atoms with Crippen molar-refractivity contribution in [2.24, 2.45) is 0 Å². The van der Waals surface area contributed by atoms with Gasteiger partial charge >= 0.3 is 6.36 Å². The van der Waals surface area contributed by atoms with Gasteiger partial charge in [0.2, 0.25) is 0 Å². The Labute approximate surface area is 158 Å². The molecule has 1 saturated heterocycles. The Bertz CT molecular complexity index is 902. The Morgan fingerprint density at radius 3 is 2.44 bits per heavy atom. The molecule has 8 heteroatoms. The van der Waals surface area contributed by atoms with Gasteiger partial charge in [-0.1, -0.05) is 12.1 Å². The molecule has 0 amide bonds. The SMILES string of the molecule is FC(F)(F)Oc1ccc(CN2CCN(c3ccc4ncsc4c3)CC2)cc1. The number of alkyl halides is 3. The fraction of sp³-hybridized carbons (Fsp3) is 0.316. The topological polar surface area (TPSA) is 28.6 Å². The summed E-state index contributed by atoms with van der Waals surface area (Å²) < 4.78 is 41.8. The van der Waals surface area contributed by atoms with E-state index in [-0.39, 0.29) is 5.75 Å². The summed E-state index contributed by atoms with van der Waals surface area (Å²) in [5.41, 5.74) is 5.07. The Hall–Kier alpha value is -2.32. The molecule has 4 nitrogen and oxygen atoms in total. The number of anilines is 1. The fourth-order valence-electron chi connectivity index (χ4n) is 3.26. The molecule has 1 fully saturated rings.